The Kier molecular flexibility index (Phi) is 8.24. The molecule has 1 fully saturated rings. The van der Waals surface area contributed by atoms with Gasteiger partial charge in [-0.05, 0) is 47.9 Å². The number of nitrogens with zero attached hydrogens (tertiary/aromatic N) is 1. The number of hydrogen-bond acceptors (Lipinski definition) is 6. The van der Waals surface area contributed by atoms with Gasteiger partial charge in [-0.1, -0.05) is 25.0 Å². The lowest BCUT2D eigenvalue weighted by atomic mass is 10.0. The van der Waals surface area contributed by atoms with Crippen molar-refractivity contribution in [2.45, 2.75) is 50.7 Å². The van der Waals surface area contributed by atoms with Crippen molar-refractivity contribution in [3.8, 4) is 11.5 Å². The second kappa shape index (κ2) is 11.5. The van der Waals surface area contributed by atoms with Crippen LogP contribution in [0, 0.1) is 0 Å². The Balaban J connectivity index is 1.74. The van der Waals surface area contributed by atoms with Crippen LogP contribution in [0.5, 0.6) is 11.5 Å². The van der Waals surface area contributed by atoms with Gasteiger partial charge in [0.05, 0.1) is 27.2 Å². The predicted octanol–water partition coefficient (Wildman–Crippen LogP) is 5.20. The summed E-state index contributed by atoms with van der Waals surface area (Å²) in [5, 5.41) is 7.16. The van der Waals surface area contributed by atoms with E-state index in [0.29, 0.717) is 23.6 Å². The summed E-state index contributed by atoms with van der Waals surface area (Å²) in [6, 6.07) is 12.6. The van der Waals surface area contributed by atoms with Crippen molar-refractivity contribution in [1.29, 1.82) is 0 Å². The summed E-state index contributed by atoms with van der Waals surface area (Å²) in [4.78, 5) is 31.2. The fraction of sp³-hybridized carbons (Fsp3) is 0.385. The molecule has 0 unspecified atom stereocenters. The van der Waals surface area contributed by atoms with Crippen LogP contribution in [0.25, 0.3) is 0 Å². The molecular formula is C26H30N2O4S2. The number of benzene rings is 1. The first-order valence-electron chi connectivity index (χ1n) is 11.5. The van der Waals surface area contributed by atoms with Gasteiger partial charge in [0.25, 0.3) is 0 Å². The van der Waals surface area contributed by atoms with E-state index in [2.05, 4.69) is 5.32 Å². The van der Waals surface area contributed by atoms with E-state index in [1.165, 1.54) is 0 Å². The number of methoxy groups -OCH3 is 2. The Hall–Kier alpha value is -2.84. The fourth-order valence-electron chi connectivity index (χ4n) is 4.40. The van der Waals surface area contributed by atoms with Crippen molar-refractivity contribution in [3.05, 3.63) is 68.5 Å². The van der Waals surface area contributed by atoms with Gasteiger partial charge in [-0.15, -0.1) is 22.7 Å². The van der Waals surface area contributed by atoms with E-state index in [0.717, 1.165) is 35.4 Å². The highest BCUT2D eigenvalue weighted by Gasteiger charge is 2.35. The minimum Gasteiger partial charge on any atom is -0.497 e. The molecule has 3 aromatic rings. The summed E-state index contributed by atoms with van der Waals surface area (Å²) in [6.45, 7) is 0.347. The van der Waals surface area contributed by atoms with Crippen LogP contribution in [0.2, 0.25) is 0 Å². The molecule has 2 heterocycles. The van der Waals surface area contributed by atoms with Gasteiger partial charge in [0.1, 0.15) is 17.5 Å². The van der Waals surface area contributed by atoms with Crippen molar-refractivity contribution in [3.63, 3.8) is 0 Å². The number of carbonyl (C=O) groups is 2. The van der Waals surface area contributed by atoms with Crippen molar-refractivity contribution in [2.75, 3.05) is 14.2 Å². The van der Waals surface area contributed by atoms with Crippen LogP contribution in [-0.2, 0) is 22.6 Å². The molecule has 2 amide bonds. The zero-order chi connectivity index (χ0) is 23.9. The summed E-state index contributed by atoms with van der Waals surface area (Å²) >= 11 is 3.12. The molecule has 0 spiro atoms. The molecule has 1 aromatic carbocycles. The van der Waals surface area contributed by atoms with E-state index in [1.807, 2.05) is 41.1 Å². The average Bonchev–Trinajstić information content (AvgIpc) is 3.63. The molecule has 8 heteroatoms. The van der Waals surface area contributed by atoms with Crippen LogP contribution >= 0.6 is 22.7 Å². The lowest BCUT2D eigenvalue weighted by Gasteiger charge is -2.33. The van der Waals surface area contributed by atoms with Crippen LogP contribution in [0.3, 0.4) is 0 Å². The largest absolute Gasteiger partial charge is 0.497 e. The van der Waals surface area contributed by atoms with E-state index in [1.54, 1.807) is 53.9 Å². The van der Waals surface area contributed by atoms with Gasteiger partial charge < -0.3 is 19.7 Å². The predicted molar refractivity (Wildman–Crippen MR) is 136 cm³/mol. The molecular weight excluding hydrogens is 468 g/mol. The monoisotopic (exact) mass is 498 g/mol. The number of ether oxygens (including phenoxy) is 2. The third kappa shape index (κ3) is 5.80. The standard InChI is InChI=1S/C26H30N2O4S2/c1-31-19-11-12-22(23(15-19)32-2)25(26(30)27-18-7-3-4-8-18)28(17-21-10-6-14-34-21)24(29)16-20-9-5-13-33-20/h5-6,9-15,18,25H,3-4,7-8,16-17H2,1-2H3,(H,27,30)/t25-/m0/s1. The first kappa shape index (κ1) is 24.3. The van der Waals surface area contributed by atoms with Gasteiger partial charge in [0.2, 0.25) is 11.8 Å². The number of nitrogens with one attached hydrogen (secondary N) is 1. The fourth-order valence-corrected chi connectivity index (χ4v) is 5.80. The summed E-state index contributed by atoms with van der Waals surface area (Å²) in [5.41, 5.74) is 0.648. The van der Waals surface area contributed by atoms with Crippen molar-refractivity contribution in [1.82, 2.24) is 10.2 Å². The van der Waals surface area contributed by atoms with Crippen LogP contribution in [0.15, 0.2) is 53.2 Å². The number of carbonyl (C=O) groups excluding carboxylic acids is 2. The molecule has 0 aliphatic heterocycles. The Morgan fingerprint density at radius 3 is 2.35 bits per heavy atom. The second-order valence-corrected chi connectivity index (χ2v) is 10.4. The summed E-state index contributed by atoms with van der Waals surface area (Å²) < 4.78 is 11.0. The lowest BCUT2D eigenvalue weighted by molar-refractivity contribution is -0.141. The number of rotatable bonds is 10. The van der Waals surface area contributed by atoms with E-state index >= 15 is 0 Å². The first-order valence-corrected chi connectivity index (χ1v) is 13.2. The van der Waals surface area contributed by atoms with Crippen LogP contribution < -0.4 is 14.8 Å². The van der Waals surface area contributed by atoms with Gasteiger partial charge in [-0.2, -0.15) is 0 Å². The molecule has 2 aromatic heterocycles. The van der Waals surface area contributed by atoms with Crippen LogP contribution in [0.4, 0.5) is 0 Å². The van der Waals surface area contributed by atoms with Gasteiger partial charge in [0, 0.05) is 27.4 Å². The maximum absolute atomic E-state index is 13.8. The Morgan fingerprint density at radius 1 is 1.03 bits per heavy atom. The summed E-state index contributed by atoms with van der Waals surface area (Å²) in [6.07, 6.45) is 4.39. The number of thiophene rings is 2. The lowest BCUT2D eigenvalue weighted by Crippen LogP contribution is -2.46. The van der Waals surface area contributed by atoms with Crippen LogP contribution in [0.1, 0.15) is 47.0 Å². The maximum Gasteiger partial charge on any atom is 0.247 e. The minimum absolute atomic E-state index is 0.0970. The summed E-state index contributed by atoms with van der Waals surface area (Å²) in [5.74, 6) is 0.878. The van der Waals surface area contributed by atoms with E-state index in [9.17, 15) is 9.59 Å². The normalized spacial score (nSPS) is 14.5. The molecule has 180 valence electrons. The zero-order valence-electron chi connectivity index (χ0n) is 19.5. The average molecular weight is 499 g/mol. The highest BCUT2D eigenvalue weighted by Crippen LogP contribution is 2.35. The molecule has 1 atom stereocenters. The third-order valence-electron chi connectivity index (χ3n) is 6.13. The highest BCUT2D eigenvalue weighted by atomic mass is 32.1. The van der Waals surface area contributed by atoms with Crippen molar-refractivity contribution >= 4 is 34.5 Å². The SMILES string of the molecule is COc1ccc([C@@H](C(=O)NC2CCCC2)N(Cc2cccs2)C(=O)Cc2cccs2)c(OC)c1. The number of hydrogen-bond donors (Lipinski definition) is 1. The third-order valence-corrected chi connectivity index (χ3v) is 7.87. The smallest absolute Gasteiger partial charge is 0.247 e. The minimum atomic E-state index is -0.823. The van der Waals surface area contributed by atoms with Crippen LogP contribution in [-0.4, -0.2) is 37.0 Å². The number of amides is 2. The Morgan fingerprint density at radius 2 is 1.74 bits per heavy atom. The second-order valence-electron chi connectivity index (χ2n) is 8.36. The van der Waals surface area contributed by atoms with Gasteiger partial charge in [-0.3, -0.25) is 9.59 Å². The quantitative estimate of drug-likeness (QED) is 0.417. The topological polar surface area (TPSA) is 67.9 Å². The molecule has 1 saturated carbocycles. The molecule has 0 saturated heterocycles. The van der Waals surface area contributed by atoms with Gasteiger partial charge in [-0.25, -0.2) is 0 Å². The first-order chi connectivity index (χ1) is 16.6. The van der Waals surface area contributed by atoms with Gasteiger partial charge >= 0.3 is 0 Å². The molecule has 1 aliphatic rings. The van der Waals surface area contributed by atoms with Gasteiger partial charge in [0.15, 0.2) is 0 Å². The highest BCUT2D eigenvalue weighted by molar-refractivity contribution is 7.10. The Bertz CT molecular complexity index is 1080. The maximum atomic E-state index is 13.8. The molecule has 0 radical (unpaired) electrons. The molecule has 34 heavy (non-hydrogen) atoms. The molecule has 0 bridgehead atoms. The molecule has 6 nitrogen and oxygen atoms in total. The Labute approximate surface area is 208 Å². The van der Waals surface area contributed by atoms with E-state index in [4.69, 9.17) is 9.47 Å². The van der Waals surface area contributed by atoms with Crippen molar-refractivity contribution in [2.24, 2.45) is 0 Å². The zero-order valence-corrected chi connectivity index (χ0v) is 21.1. The molecule has 4 rings (SSSR count). The van der Waals surface area contributed by atoms with Crippen molar-refractivity contribution < 1.29 is 19.1 Å². The van der Waals surface area contributed by atoms with E-state index < -0.39 is 6.04 Å². The summed E-state index contributed by atoms with van der Waals surface area (Å²) in [7, 11) is 3.16. The van der Waals surface area contributed by atoms with E-state index in [-0.39, 0.29) is 24.3 Å². The molecule has 1 aliphatic carbocycles. The molecule has 1 N–H and O–H groups in total.